The highest BCUT2D eigenvalue weighted by Gasteiger charge is 2.13. The molecule has 2 heterocycles. The summed E-state index contributed by atoms with van der Waals surface area (Å²) in [6.07, 6.45) is 2.09. The van der Waals surface area contributed by atoms with Crippen LogP contribution in [0.15, 0.2) is 35.0 Å². The normalized spacial score (nSPS) is 10.8. The topological polar surface area (TPSA) is 67.6 Å². The first-order chi connectivity index (χ1) is 9.22. The van der Waals surface area contributed by atoms with E-state index in [-0.39, 0.29) is 5.02 Å². The van der Waals surface area contributed by atoms with Crippen molar-refractivity contribution in [2.24, 2.45) is 0 Å². The molecule has 0 radical (unpaired) electrons. The maximum absolute atomic E-state index is 13.0. The van der Waals surface area contributed by atoms with E-state index in [1.54, 1.807) is 6.20 Å². The molecule has 0 fully saturated rings. The van der Waals surface area contributed by atoms with Gasteiger partial charge >= 0.3 is 0 Å². The average Bonchev–Trinajstić information content (AvgIpc) is 3.01. The number of benzene rings is 1. The fourth-order valence-electron chi connectivity index (χ4n) is 1.65. The number of hydrogen-bond acceptors (Lipinski definition) is 4. The van der Waals surface area contributed by atoms with Gasteiger partial charge in [-0.15, -0.1) is 0 Å². The fourth-order valence-corrected chi connectivity index (χ4v) is 1.90. The van der Waals surface area contributed by atoms with Crippen molar-refractivity contribution in [3.63, 3.8) is 0 Å². The van der Waals surface area contributed by atoms with Gasteiger partial charge in [-0.25, -0.2) is 4.39 Å². The van der Waals surface area contributed by atoms with Crippen LogP contribution >= 0.6 is 11.6 Å². The Kier molecular flexibility index (Phi) is 3.00. The van der Waals surface area contributed by atoms with Crippen LogP contribution in [0.2, 0.25) is 5.02 Å². The molecule has 1 aromatic carbocycles. The van der Waals surface area contributed by atoms with Crippen LogP contribution in [0.4, 0.5) is 4.39 Å². The van der Waals surface area contributed by atoms with Crippen LogP contribution in [0.5, 0.6) is 0 Å². The molecule has 0 unspecified atom stereocenters. The summed E-state index contributed by atoms with van der Waals surface area (Å²) in [5.41, 5.74) is 1.39. The molecule has 0 aliphatic heterocycles. The Hall–Kier alpha value is -2.21. The summed E-state index contributed by atoms with van der Waals surface area (Å²) in [5, 5.41) is 10.7. The highest BCUT2D eigenvalue weighted by molar-refractivity contribution is 6.33. The van der Waals surface area contributed by atoms with Gasteiger partial charge in [0.1, 0.15) is 5.82 Å². The Bertz CT molecular complexity index is 696. The van der Waals surface area contributed by atoms with Gasteiger partial charge in [-0.1, -0.05) is 16.8 Å². The molecular weight excluding hydrogens is 271 g/mol. The standard InChI is InChI=1S/C12H8ClFN4O/c13-10-5-7(14)1-2-9(10)12-16-11(19-18-12)6-8-3-4-15-17-8/h1-5H,6H2,(H,15,17). The molecule has 0 bridgehead atoms. The second-order valence-electron chi connectivity index (χ2n) is 3.89. The number of halogens is 2. The Morgan fingerprint density at radius 1 is 1.32 bits per heavy atom. The first kappa shape index (κ1) is 11.9. The molecule has 0 aliphatic rings. The lowest BCUT2D eigenvalue weighted by Crippen LogP contribution is -1.89. The number of aromatic nitrogens is 4. The van der Waals surface area contributed by atoms with E-state index in [0.717, 1.165) is 5.69 Å². The Morgan fingerprint density at radius 2 is 2.21 bits per heavy atom. The summed E-state index contributed by atoms with van der Waals surface area (Å²) >= 11 is 5.94. The van der Waals surface area contributed by atoms with Gasteiger partial charge in [0.05, 0.1) is 11.4 Å². The first-order valence-electron chi connectivity index (χ1n) is 5.48. The van der Waals surface area contributed by atoms with Gasteiger partial charge in [-0.3, -0.25) is 5.10 Å². The minimum absolute atomic E-state index is 0.244. The molecule has 0 spiro atoms. The Balaban J connectivity index is 1.88. The zero-order chi connectivity index (χ0) is 13.2. The molecule has 0 atom stereocenters. The molecule has 3 rings (SSSR count). The molecule has 0 saturated heterocycles. The Labute approximate surface area is 112 Å². The summed E-state index contributed by atoms with van der Waals surface area (Å²) in [4.78, 5) is 4.21. The van der Waals surface area contributed by atoms with Crippen molar-refractivity contribution in [3.05, 3.63) is 52.9 Å². The molecule has 96 valence electrons. The van der Waals surface area contributed by atoms with E-state index < -0.39 is 5.82 Å². The molecule has 0 saturated carbocycles. The number of hydrogen-bond donors (Lipinski definition) is 1. The largest absolute Gasteiger partial charge is 0.339 e. The molecule has 0 aliphatic carbocycles. The molecule has 5 nitrogen and oxygen atoms in total. The monoisotopic (exact) mass is 278 g/mol. The molecule has 2 aromatic heterocycles. The van der Waals surface area contributed by atoms with E-state index >= 15 is 0 Å². The van der Waals surface area contributed by atoms with Gasteiger partial charge in [0, 0.05) is 17.5 Å². The molecule has 0 amide bonds. The lowest BCUT2D eigenvalue weighted by molar-refractivity contribution is 0.385. The zero-order valence-electron chi connectivity index (χ0n) is 9.60. The third-order valence-electron chi connectivity index (χ3n) is 2.54. The molecular formula is C12H8ClFN4O. The van der Waals surface area contributed by atoms with Crippen LogP contribution in [0.3, 0.4) is 0 Å². The van der Waals surface area contributed by atoms with Crippen molar-refractivity contribution in [1.82, 2.24) is 20.3 Å². The van der Waals surface area contributed by atoms with Crippen molar-refractivity contribution in [3.8, 4) is 11.4 Å². The minimum atomic E-state index is -0.407. The number of H-pyrrole nitrogens is 1. The smallest absolute Gasteiger partial charge is 0.232 e. The van der Waals surface area contributed by atoms with Crippen LogP contribution in [0.25, 0.3) is 11.4 Å². The average molecular weight is 279 g/mol. The van der Waals surface area contributed by atoms with Gasteiger partial charge in [-0.05, 0) is 24.3 Å². The predicted octanol–water partition coefficient (Wildman–Crippen LogP) is 2.84. The minimum Gasteiger partial charge on any atom is -0.339 e. The van der Waals surface area contributed by atoms with Gasteiger partial charge in [0.25, 0.3) is 0 Å². The van der Waals surface area contributed by atoms with E-state index in [1.165, 1.54) is 18.2 Å². The summed E-state index contributed by atoms with van der Waals surface area (Å²) in [5.74, 6) is 0.356. The lowest BCUT2D eigenvalue weighted by atomic mass is 10.2. The van der Waals surface area contributed by atoms with E-state index in [4.69, 9.17) is 16.1 Å². The zero-order valence-corrected chi connectivity index (χ0v) is 10.4. The van der Waals surface area contributed by atoms with Gasteiger partial charge in [-0.2, -0.15) is 10.1 Å². The van der Waals surface area contributed by atoms with E-state index in [0.29, 0.717) is 23.7 Å². The number of nitrogens with zero attached hydrogens (tertiary/aromatic N) is 3. The summed E-state index contributed by atoms with van der Waals surface area (Å²) in [7, 11) is 0. The lowest BCUT2D eigenvalue weighted by Gasteiger charge is -1.97. The summed E-state index contributed by atoms with van der Waals surface area (Å²) < 4.78 is 18.1. The van der Waals surface area contributed by atoms with Gasteiger partial charge in [0.15, 0.2) is 0 Å². The number of rotatable bonds is 3. The maximum atomic E-state index is 13.0. The van der Waals surface area contributed by atoms with Crippen molar-refractivity contribution in [2.45, 2.75) is 6.42 Å². The maximum Gasteiger partial charge on any atom is 0.232 e. The highest BCUT2D eigenvalue weighted by Crippen LogP contribution is 2.26. The predicted molar refractivity (Wildman–Crippen MR) is 66.1 cm³/mol. The third-order valence-corrected chi connectivity index (χ3v) is 2.85. The molecule has 19 heavy (non-hydrogen) atoms. The first-order valence-corrected chi connectivity index (χ1v) is 5.86. The second kappa shape index (κ2) is 4.81. The number of nitrogens with one attached hydrogen (secondary N) is 1. The van der Waals surface area contributed by atoms with Crippen LogP contribution in [-0.4, -0.2) is 20.3 Å². The fraction of sp³-hybridized carbons (Fsp3) is 0.0833. The van der Waals surface area contributed by atoms with Crippen molar-refractivity contribution in [2.75, 3.05) is 0 Å². The van der Waals surface area contributed by atoms with Crippen molar-refractivity contribution >= 4 is 11.6 Å². The van der Waals surface area contributed by atoms with E-state index in [1.807, 2.05) is 6.07 Å². The third kappa shape index (κ3) is 2.48. The SMILES string of the molecule is Fc1ccc(-c2noc(Cc3ccn[nH]3)n2)c(Cl)c1. The summed E-state index contributed by atoms with van der Waals surface area (Å²) in [6, 6.07) is 5.84. The molecule has 3 aromatic rings. The van der Waals surface area contributed by atoms with Crippen molar-refractivity contribution in [1.29, 1.82) is 0 Å². The molecule has 7 heteroatoms. The van der Waals surface area contributed by atoms with Crippen LogP contribution in [0.1, 0.15) is 11.6 Å². The quantitative estimate of drug-likeness (QED) is 0.800. The van der Waals surface area contributed by atoms with E-state index in [2.05, 4.69) is 20.3 Å². The van der Waals surface area contributed by atoms with Crippen LogP contribution < -0.4 is 0 Å². The van der Waals surface area contributed by atoms with Crippen LogP contribution in [0, 0.1) is 5.82 Å². The second-order valence-corrected chi connectivity index (χ2v) is 4.30. The van der Waals surface area contributed by atoms with Gasteiger partial charge in [0.2, 0.25) is 11.7 Å². The molecule has 1 N–H and O–H groups in total. The van der Waals surface area contributed by atoms with E-state index in [9.17, 15) is 4.39 Å². The van der Waals surface area contributed by atoms with Gasteiger partial charge < -0.3 is 4.52 Å². The van der Waals surface area contributed by atoms with Crippen LogP contribution in [-0.2, 0) is 6.42 Å². The Morgan fingerprint density at radius 3 is 2.95 bits per heavy atom. The number of aromatic amines is 1. The summed E-state index contributed by atoms with van der Waals surface area (Å²) in [6.45, 7) is 0. The highest BCUT2D eigenvalue weighted by atomic mass is 35.5. The van der Waals surface area contributed by atoms with Crippen molar-refractivity contribution < 1.29 is 8.91 Å².